The highest BCUT2D eigenvalue weighted by Crippen LogP contribution is 2.35. The highest BCUT2D eigenvalue weighted by atomic mass is 19.1. The summed E-state index contributed by atoms with van der Waals surface area (Å²) in [6, 6.07) is 3.62. The molecule has 0 spiro atoms. The standard InChI is InChI=1S/C15H18F2N2O/c1-2-13-10-7-18-6-9(10)8-19(13)15(20)14-11(16)4-3-5-12(14)17/h3-5,9-10,13,18H,2,6-8H2,1H3. The first kappa shape index (κ1) is 13.5. The fourth-order valence-corrected chi connectivity index (χ4v) is 3.63. The van der Waals surface area contributed by atoms with Gasteiger partial charge in [-0.2, -0.15) is 0 Å². The molecular formula is C15H18F2N2O. The molecule has 0 aliphatic carbocycles. The highest BCUT2D eigenvalue weighted by molar-refractivity contribution is 5.95. The summed E-state index contributed by atoms with van der Waals surface area (Å²) < 4.78 is 27.6. The molecule has 1 amide bonds. The maximum Gasteiger partial charge on any atom is 0.260 e. The summed E-state index contributed by atoms with van der Waals surface area (Å²) >= 11 is 0. The van der Waals surface area contributed by atoms with Gasteiger partial charge in [-0.1, -0.05) is 13.0 Å². The Kier molecular flexibility index (Phi) is 3.46. The normalized spacial score (nSPS) is 28.8. The molecule has 2 heterocycles. The third-order valence-corrected chi connectivity index (χ3v) is 4.57. The zero-order valence-corrected chi connectivity index (χ0v) is 11.4. The van der Waals surface area contributed by atoms with Gasteiger partial charge >= 0.3 is 0 Å². The first-order chi connectivity index (χ1) is 9.63. The van der Waals surface area contributed by atoms with Gasteiger partial charge in [0.2, 0.25) is 0 Å². The van der Waals surface area contributed by atoms with E-state index in [9.17, 15) is 13.6 Å². The summed E-state index contributed by atoms with van der Waals surface area (Å²) in [6.45, 7) is 4.36. The molecule has 3 rings (SSSR count). The smallest absolute Gasteiger partial charge is 0.260 e. The topological polar surface area (TPSA) is 32.3 Å². The minimum atomic E-state index is -0.778. The average molecular weight is 280 g/mol. The predicted octanol–water partition coefficient (Wildman–Crippen LogP) is 2.03. The largest absolute Gasteiger partial charge is 0.335 e. The lowest BCUT2D eigenvalue weighted by molar-refractivity contribution is 0.0701. The van der Waals surface area contributed by atoms with Gasteiger partial charge in [0.05, 0.1) is 0 Å². The van der Waals surface area contributed by atoms with Crippen LogP contribution in [0.1, 0.15) is 23.7 Å². The van der Waals surface area contributed by atoms with E-state index in [1.807, 2.05) is 6.92 Å². The molecule has 3 atom stereocenters. The lowest BCUT2D eigenvalue weighted by atomic mass is 9.93. The number of hydrogen-bond acceptors (Lipinski definition) is 2. The van der Waals surface area contributed by atoms with Gasteiger partial charge in [0.1, 0.15) is 17.2 Å². The van der Waals surface area contributed by atoms with Crippen molar-refractivity contribution >= 4 is 5.91 Å². The van der Waals surface area contributed by atoms with E-state index in [2.05, 4.69) is 5.32 Å². The van der Waals surface area contributed by atoms with Gasteiger partial charge in [-0.15, -0.1) is 0 Å². The highest BCUT2D eigenvalue weighted by Gasteiger charge is 2.45. The van der Waals surface area contributed by atoms with E-state index in [0.29, 0.717) is 18.4 Å². The summed E-state index contributed by atoms with van der Waals surface area (Å²) in [4.78, 5) is 14.2. The molecule has 3 nitrogen and oxygen atoms in total. The zero-order chi connectivity index (χ0) is 14.3. The summed E-state index contributed by atoms with van der Waals surface area (Å²) in [7, 11) is 0. The number of benzene rings is 1. The molecule has 0 bridgehead atoms. The number of carbonyl (C=O) groups is 1. The third kappa shape index (κ3) is 2.00. The Morgan fingerprint density at radius 1 is 1.35 bits per heavy atom. The number of amides is 1. The monoisotopic (exact) mass is 280 g/mol. The fourth-order valence-electron chi connectivity index (χ4n) is 3.63. The number of carbonyl (C=O) groups excluding carboxylic acids is 1. The van der Waals surface area contributed by atoms with Gasteiger partial charge in [0.15, 0.2) is 0 Å². The van der Waals surface area contributed by atoms with Crippen molar-refractivity contribution < 1.29 is 13.6 Å². The molecule has 5 heteroatoms. The van der Waals surface area contributed by atoms with Crippen molar-refractivity contribution in [3.05, 3.63) is 35.4 Å². The molecule has 0 saturated carbocycles. The number of nitrogens with one attached hydrogen (secondary N) is 1. The SMILES string of the molecule is CCC1C2CNCC2CN1C(=O)c1c(F)cccc1F. The van der Waals surface area contributed by atoms with Crippen molar-refractivity contribution in [2.24, 2.45) is 11.8 Å². The number of fused-ring (bicyclic) bond motifs is 1. The Morgan fingerprint density at radius 2 is 2.05 bits per heavy atom. The van der Waals surface area contributed by atoms with Gasteiger partial charge in [-0.05, 0) is 30.4 Å². The van der Waals surface area contributed by atoms with Crippen LogP contribution in [0.15, 0.2) is 18.2 Å². The van der Waals surface area contributed by atoms with E-state index in [4.69, 9.17) is 0 Å². The van der Waals surface area contributed by atoms with E-state index >= 15 is 0 Å². The van der Waals surface area contributed by atoms with Gasteiger partial charge < -0.3 is 10.2 Å². The first-order valence-corrected chi connectivity index (χ1v) is 7.09. The molecular weight excluding hydrogens is 262 g/mol. The summed E-state index contributed by atoms with van der Waals surface area (Å²) in [5.74, 6) is -1.26. The zero-order valence-electron chi connectivity index (χ0n) is 11.4. The number of halogens is 2. The summed E-state index contributed by atoms with van der Waals surface area (Å²) in [5, 5.41) is 3.32. The van der Waals surface area contributed by atoms with E-state index in [1.54, 1.807) is 4.90 Å². The summed E-state index contributed by atoms with van der Waals surface area (Å²) in [5.41, 5.74) is -0.418. The van der Waals surface area contributed by atoms with Crippen LogP contribution in [-0.2, 0) is 0 Å². The van der Waals surface area contributed by atoms with Crippen LogP contribution >= 0.6 is 0 Å². The molecule has 108 valence electrons. The molecule has 2 aliphatic heterocycles. The van der Waals surface area contributed by atoms with Crippen LogP contribution in [0, 0.1) is 23.5 Å². The molecule has 1 aromatic rings. The second-order valence-electron chi connectivity index (χ2n) is 5.61. The van der Waals surface area contributed by atoms with Crippen molar-refractivity contribution in [2.45, 2.75) is 19.4 Å². The van der Waals surface area contributed by atoms with Crippen molar-refractivity contribution in [1.29, 1.82) is 0 Å². The third-order valence-electron chi connectivity index (χ3n) is 4.57. The quantitative estimate of drug-likeness (QED) is 0.899. The van der Waals surface area contributed by atoms with E-state index in [0.717, 1.165) is 31.6 Å². The number of likely N-dealkylation sites (tertiary alicyclic amines) is 1. The van der Waals surface area contributed by atoms with Crippen LogP contribution in [0.25, 0.3) is 0 Å². The Bertz CT molecular complexity index is 514. The van der Waals surface area contributed by atoms with Crippen LogP contribution in [-0.4, -0.2) is 36.5 Å². The van der Waals surface area contributed by atoms with Gasteiger partial charge in [-0.25, -0.2) is 8.78 Å². The van der Waals surface area contributed by atoms with Crippen molar-refractivity contribution in [3.8, 4) is 0 Å². The maximum atomic E-state index is 13.8. The Balaban J connectivity index is 1.91. The molecule has 0 aromatic heterocycles. The molecule has 3 unspecified atom stereocenters. The van der Waals surface area contributed by atoms with Crippen molar-refractivity contribution in [1.82, 2.24) is 10.2 Å². The Morgan fingerprint density at radius 3 is 2.70 bits per heavy atom. The van der Waals surface area contributed by atoms with Crippen LogP contribution in [0.3, 0.4) is 0 Å². The second-order valence-corrected chi connectivity index (χ2v) is 5.61. The molecule has 20 heavy (non-hydrogen) atoms. The molecule has 2 saturated heterocycles. The van der Waals surface area contributed by atoms with E-state index < -0.39 is 23.1 Å². The predicted molar refractivity (Wildman–Crippen MR) is 71.3 cm³/mol. The molecule has 0 radical (unpaired) electrons. The van der Waals surface area contributed by atoms with Crippen LogP contribution in [0.2, 0.25) is 0 Å². The van der Waals surface area contributed by atoms with Crippen LogP contribution < -0.4 is 5.32 Å². The molecule has 1 aromatic carbocycles. The fraction of sp³-hybridized carbons (Fsp3) is 0.533. The second kappa shape index (κ2) is 5.13. The summed E-state index contributed by atoms with van der Waals surface area (Å²) in [6.07, 6.45) is 0.810. The minimum absolute atomic E-state index is 0.0708. The van der Waals surface area contributed by atoms with Gasteiger partial charge in [0.25, 0.3) is 5.91 Å². The lowest BCUT2D eigenvalue weighted by Crippen LogP contribution is -2.40. The van der Waals surface area contributed by atoms with Crippen molar-refractivity contribution in [2.75, 3.05) is 19.6 Å². The van der Waals surface area contributed by atoms with E-state index in [-0.39, 0.29) is 6.04 Å². The molecule has 2 fully saturated rings. The average Bonchev–Trinajstić information content (AvgIpc) is 2.97. The molecule has 1 N–H and O–H groups in total. The van der Waals surface area contributed by atoms with E-state index in [1.165, 1.54) is 6.07 Å². The first-order valence-electron chi connectivity index (χ1n) is 7.09. The number of hydrogen-bond donors (Lipinski definition) is 1. The van der Waals surface area contributed by atoms with Gasteiger partial charge in [-0.3, -0.25) is 4.79 Å². The maximum absolute atomic E-state index is 13.8. The van der Waals surface area contributed by atoms with Crippen LogP contribution in [0.4, 0.5) is 8.78 Å². The lowest BCUT2D eigenvalue weighted by Gasteiger charge is -2.27. The Hall–Kier alpha value is -1.49. The Labute approximate surface area is 117 Å². The van der Waals surface area contributed by atoms with Crippen molar-refractivity contribution in [3.63, 3.8) is 0 Å². The number of nitrogens with zero attached hydrogens (tertiary/aromatic N) is 1. The van der Waals surface area contributed by atoms with Crippen LogP contribution in [0.5, 0.6) is 0 Å². The molecule has 2 aliphatic rings. The van der Waals surface area contributed by atoms with Gasteiger partial charge in [0, 0.05) is 25.7 Å². The minimum Gasteiger partial charge on any atom is -0.335 e. The number of rotatable bonds is 2.